The lowest BCUT2D eigenvalue weighted by molar-refractivity contribution is -0.782. The molecule has 0 unspecified atom stereocenters. The second kappa shape index (κ2) is 6.19. The third kappa shape index (κ3) is 3.18. The quantitative estimate of drug-likeness (QED) is 0.332. The van der Waals surface area contributed by atoms with E-state index in [4.69, 9.17) is 12.2 Å². The van der Waals surface area contributed by atoms with E-state index in [9.17, 15) is 5.21 Å². The maximum atomic E-state index is 11.3. The highest BCUT2D eigenvalue weighted by Crippen LogP contribution is 2.08. The molecule has 0 fully saturated rings. The van der Waals surface area contributed by atoms with Crippen molar-refractivity contribution < 1.29 is 9.53 Å². The van der Waals surface area contributed by atoms with Gasteiger partial charge in [-0.1, -0.05) is 18.2 Å². The van der Waals surface area contributed by atoms with Crippen LogP contribution < -0.4 is 15.6 Å². The van der Waals surface area contributed by atoms with Gasteiger partial charge in [0, 0.05) is 16.9 Å². The largest absolute Gasteiger partial charge is 0.359 e. The predicted molar refractivity (Wildman–Crippen MR) is 86.4 cm³/mol. The molecule has 22 heavy (non-hydrogen) atoms. The van der Waals surface area contributed by atoms with E-state index in [1.165, 1.54) is 0 Å². The lowest BCUT2D eigenvalue weighted by Gasteiger charge is -2.05. The number of hydrogen-bond donors (Lipinski definition) is 2. The van der Waals surface area contributed by atoms with E-state index in [1.807, 2.05) is 30.3 Å². The zero-order chi connectivity index (χ0) is 15.4. The minimum atomic E-state index is 0.342. The highest BCUT2D eigenvalue weighted by atomic mass is 32.1. The van der Waals surface area contributed by atoms with Crippen molar-refractivity contribution in [1.29, 1.82) is 0 Å². The lowest BCUT2D eigenvalue weighted by Crippen LogP contribution is -2.24. The molecule has 2 N–H and O–H groups in total. The van der Waals surface area contributed by atoms with Crippen LogP contribution in [0.3, 0.4) is 0 Å². The summed E-state index contributed by atoms with van der Waals surface area (Å²) in [6, 6.07) is 14.6. The summed E-state index contributed by atoms with van der Waals surface area (Å²) in [6.45, 7) is 0. The van der Waals surface area contributed by atoms with Gasteiger partial charge in [0.2, 0.25) is 11.0 Å². The number of thiocarbonyl (C=S) groups is 1. The third-order valence-corrected chi connectivity index (χ3v) is 3.01. The number of para-hydroxylation sites is 1. The first kappa shape index (κ1) is 14.0. The Morgan fingerprint density at radius 2 is 2.09 bits per heavy atom. The van der Waals surface area contributed by atoms with Crippen LogP contribution in [-0.4, -0.2) is 16.5 Å². The van der Waals surface area contributed by atoms with Crippen LogP contribution in [0, 0.1) is 5.21 Å². The summed E-state index contributed by atoms with van der Waals surface area (Å²) in [6.07, 6.45) is 1.55. The van der Waals surface area contributed by atoms with Crippen LogP contribution in [0.5, 0.6) is 0 Å². The highest BCUT2D eigenvalue weighted by Gasteiger charge is 2.08. The molecule has 0 spiro atoms. The number of hydrogen-bond acceptors (Lipinski definition) is 5. The minimum absolute atomic E-state index is 0.342. The minimum Gasteiger partial charge on any atom is -0.359 e. The SMILES string of the molecule is [O-][n+]1onc2ccc(/C=N/NC(=S)Nc3ccccc3)cc21. The Morgan fingerprint density at radius 3 is 2.91 bits per heavy atom. The Morgan fingerprint density at radius 1 is 1.27 bits per heavy atom. The number of fused-ring (bicyclic) bond motifs is 1. The fourth-order valence-corrected chi connectivity index (χ4v) is 1.99. The number of nitrogens with one attached hydrogen (secondary N) is 2. The number of nitrogens with zero attached hydrogens (tertiary/aromatic N) is 3. The molecule has 0 saturated heterocycles. The second-order valence-corrected chi connectivity index (χ2v) is 4.78. The van der Waals surface area contributed by atoms with Crippen LogP contribution in [0.25, 0.3) is 11.0 Å². The topological polar surface area (TPSA) is 89.4 Å². The Balaban J connectivity index is 1.63. The van der Waals surface area contributed by atoms with Crippen LogP contribution in [0.1, 0.15) is 5.56 Å². The van der Waals surface area contributed by atoms with E-state index >= 15 is 0 Å². The summed E-state index contributed by atoms with van der Waals surface area (Å²) in [5.74, 6) is 0. The van der Waals surface area contributed by atoms with Crippen molar-refractivity contribution in [3.05, 3.63) is 59.3 Å². The van der Waals surface area contributed by atoms with Gasteiger partial charge in [0.1, 0.15) is 0 Å². The zero-order valence-corrected chi connectivity index (χ0v) is 12.1. The number of hydrazone groups is 1. The molecule has 8 heteroatoms. The normalized spacial score (nSPS) is 10.9. The lowest BCUT2D eigenvalue weighted by atomic mass is 10.2. The molecule has 1 heterocycles. The van der Waals surface area contributed by atoms with E-state index in [0.717, 1.165) is 11.3 Å². The van der Waals surface area contributed by atoms with Crippen molar-refractivity contribution in [3.63, 3.8) is 0 Å². The van der Waals surface area contributed by atoms with Crippen LogP contribution in [0.2, 0.25) is 0 Å². The first-order valence-corrected chi connectivity index (χ1v) is 6.78. The molecule has 2 aromatic carbocycles. The van der Waals surface area contributed by atoms with Gasteiger partial charge < -0.3 is 10.5 Å². The Hall–Kier alpha value is -3.00. The van der Waals surface area contributed by atoms with Crippen LogP contribution in [0.15, 0.2) is 58.3 Å². The molecular formula is C14H11N5O2S. The van der Waals surface area contributed by atoms with Gasteiger partial charge in [-0.05, 0) is 46.9 Å². The van der Waals surface area contributed by atoms with E-state index < -0.39 is 0 Å². The molecule has 3 aromatic rings. The van der Waals surface area contributed by atoms with Crippen molar-refractivity contribution in [3.8, 4) is 0 Å². The molecule has 7 nitrogen and oxygen atoms in total. The molecule has 0 bridgehead atoms. The molecule has 1 aromatic heterocycles. The van der Waals surface area contributed by atoms with E-state index in [1.54, 1.807) is 24.4 Å². The summed E-state index contributed by atoms with van der Waals surface area (Å²) in [5, 5.41) is 22.3. The molecule has 3 rings (SSSR count). The van der Waals surface area contributed by atoms with E-state index in [2.05, 4.69) is 25.6 Å². The van der Waals surface area contributed by atoms with Gasteiger partial charge >= 0.3 is 0 Å². The Labute approximate surface area is 130 Å². The second-order valence-electron chi connectivity index (χ2n) is 4.37. The average molecular weight is 313 g/mol. The zero-order valence-electron chi connectivity index (χ0n) is 11.3. The summed E-state index contributed by atoms with van der Waals surface area (Å²) >= 11 is 5.12. The summed E-state index contributed by atoms with van der Waals surface area (Å²) in [5.41, 5.74) is 5.12. The standard InChI is InChI=1S/C14H11N5O2S/c20-19-13-8-10(6-7-12(13)18-21-19)9-15-17-14(22)16-11-4-2-1-3-5-11/h1-9H,(H2,16,17,22)/b15-9+. The monoisotopic (exact) mass is 313 g/mol. The van der Waals surface area contributed by atoms with Gasteiger partial charge in [-0.15, -0.1) is 0 Å². The molecule has 110 valence electrons. The summed E-state index contributed by atoms with van der Waals surface area (Å²) in [4.78, 5) is 0.349. The van der Waals surface area contributed by atoms with Crippen molar-refractivity contribution in [2.45, 2.75) is 0 Å². The van der Waals surface area contributed by atoms with Crippen LogP contribution in [-0.2, 0) is 0 Å². The van der Waals surface area contributed by atoms with Crippen molar-refractivity contribution in [2.75, 3.05) is 5.32 Å². The number of aromatic nitrogens is 2. The number of benzene rings is 2. The molecule has 0 radical (unpaired) electrons. The summed E-state index contributed by atoms with van der Waals surface area (Å²) in [7, 11) is 0. The van der Waals surface area contributed by atoms with Gasteiger partial charge in [-0.2, -0.15) is 5.10 Å². The van der Waals surface area contributed by atoms with Gasteiger partial charge in [-0.25, -0.2) is 0 Å². The maximum absolute atomic E-state index is 11.3. The smallest absolute Gasteiger partial charge is 0.248 e. The number of anilines is 1. The first-order chi connectivity index (χ1) is 10.7. The number of rotatable bonds is 3. The summed E-state index contributed by atoms with van der Waals surface area (Å²) < 4.78 is 4.50. The van der Waals surface area contributed by atoms with Crippen molar-refractivity contribution in [1.82, 2.24) is 10.6 Å². The molecular weight excluding hydrogens is 302 g/mol. The van der Waals surface area contributed by atoms with Crippen molar-refractivity contribution >= 4 is 40.3 Å². The fraction of sp³-hybridized carbons (Fsp3) is 0. The molecule has 0 aliphatic heterocycles. The van der Waals surface area contributed by atoms with Crippen LogP contribution >= 0.6 is 12.2 Å². The molecule has 0 saturated carbocycles. The molecule has 0 aliphatic carbocycles. The first-order valence-electron chi connectivity index (χ1n) is 6.37. The van der Waals surface area contributed by atoms with Gasteiger partial charge in [0.05, 0.1) is 6.21 Å². The molecule has 0 atom stereocenters. The van der Waals surface area contributed by atoms with E-state index in [-0.39, 0.29) is 0 Å². The van der Waals surface area contributed by atoms with Crippen molar-refractivity contribution in [2.24, 2.45) is 5.10 Å². The third-order valence-electron chi connectivity index (χ3n) is 2.82. The average Bonchev–Trinajstić information content (AvgIpc) is 2.89. The molecule has 0 aliphatic rings. The van der Waals surface area contributed by atoms with Gasteiger partial charge in [0.15, 0.2) is 5.11 Å². The van der Waals surface area contributed by atoms with Gasteiger partial charge in [0.25, 0.3) is 0 Å². The predicted octanol–water partition coefficient (Wildman–Crippen LogP) is 1.78. The Kier molecular flexibility index (Phi) is 3.92. The van der Waals surface area contributed by atoms with E-state index in [0.29, 0.717) is 21.0 Å². The van der Waals surface area contributed by atoms with Gasteiger partial charge in [-0.3, -0.25) is 10.1 Å². The fourth-order valence-electron chi connectivity index (χ4n) is 1.82. The molecule has 0 amide bonds. The van der Waals surface area contributed by atoms with Crippen LogP contribution in [0.4, 0.5) is 5.69 Å². The maximum Gasteiger partial charge on any atom is 0.248 e. The Bertz CT molecular complexity index is 832. The highest BCUT2D eigenvalue weighted by molar-refractivity contribution is 7.80.